The van der Waals surface area contributed by atoms with Crippen molar-refractivity contribution in [1.82, 2.24) is 20.2 Å². The Morgan fingerprint density at radius 1 is 1.04 bits per heavy atom. The Kier molecular flexibility index (Phi) is 5.22. The van der Waals surface area contributed by atoms with Gasteiger partial charge in [0.15, 0.2) is 11.6 Å². The zero-order valence-corrected chi connectivity index (χ0v) is 16.7. The number of aryl methyl sites for hydroxylation is 2. The molecule has 0 spiro atoms. The standard InChI is InChI=1S/C22H26N4O/c1-6-22(4,5)14-21(27)19-11-18(17-9-7-15(2)8-10-17)12-20(13-19)26-16(3)23-24-25-26/h7-13H,6,14H2,1-5H3. The maximum Gasteiger partial charge on any atom is 0.163 e. The van der Waals surface area contributed by atoms with E-state index in [0.717, 1.165) is 23.2 Å². The SMILES string of the molecule is CCC(C)(C)CC(=O)c1cc(-c2ccc(C)cc2)cc(-n2nnnc2C)c1. The van der Waals surface area contributed by atoms with Gasteiger partial charge in [0.05, 0.1) is 5.69 Å². The average molecular weight is 362 g/mol. The number of benzene rings is 2. The first-order valence-electron chi connectivity index (χ1n) is 9.30. The van der Waals surface area contributed by atoms with E-state index in [9.17, 15) is 4.79 Å². The molecule has 2 aromatic carbocycles. The highest BCUT2D eigenvalue weighted by Crippen LogP contribution is 2.30. The van der Waals surface area contributed by atoms with E-state index < -0.39 is 0 Å². The lowest BCUT2D eigenvalue weighted by molar-refractivity contribution is 0.0928. The van der Waals surface area contributed by atoms with Crippen LogP contribution in [-0.2, 0) is 0 Å². The van der Waals surface area contributed by atoms with Crippen LogP contribution in [0.15, 0.2) is 42.5 Å². The van der Waals surface area contributed by atoms with Gasteiger partial charge in [-0.1, -0.05) is 57.0 Å². The van der Waals surface area contributed by atoms with Gasteiger partial charge in [-0.25, -0.2) is 0 Å². The lowest BCUT2D eigenvalue weighted by Crippen LogP contribution is -2.16. The number of tetrazole rings is 1. The largest absolute Gasteiger partial charge is 0.294 e. The van der Waals surface area contributed by atoms with Crippen LogP contribution in [0.4, 0.5) is 0 Å². The second kappa shape index (κ2) is 7.43. The van der Waals surface area contributed by atoms with Crippen molar-refractivity contribution in [1.29, 1.82) is 0 Å². The number of nitrogens with zero attached hydrogens (tertiary/aromatic N) is 4. The fourth-order valence-corrected chi connectivity index (χ4v) is 2.94. The van der Waals surface area contributed by atoms with Crippen molar-refractivity contribution in [3.63, 3.8) is 0 Å². The van der Waals surface area contributed by atoms with E-state index in [1.54, 1.807) is 4.68 Å². The summed E-state index contributed by atoms with van der Waals surface area (Å²) in [5.41, 5.74) is 4.72. The fourth-order valence-electron chi connectivity index (χ4n) is 2.94. The Morgan fingerprint density at radius 2 is 1.74 bits per heavy atom. The average Bonchev–Trinajstić information content (AvgIpc) is 3.07. The van der Waals surface area contributed by atoms with E-state index in [4.69, 9.17) is 0 Å². The van der Waals surface area contributed by atoms with Crippen molar-refractivity contribution in [2.45, 2.75) is 47.5 Å². The first-order chi connectivity index (χ1) is 12.8. The molecule has 27 heavy (non-hydrogen) atoms. The predicted molar refractivity (Wildman–Crippen MR) is 107 cm³/mol. The van der Waals surface area contributed by atoms with Crippen LogP contribution in [0.25, 0.3) is 16.8 Å². The van der Waals surface area contributed by atoms with Gasteiger partial charge >= 0.3 is 0 Å². The van der Waals surface area contributed by atoms with Crippen molar-refractivity contribution < 1.29 is 4.79 Å². The summed E-state index contributed by atoms with van der Waals surface area (Å²) in [6.45, 7) is 10.3. The topological polar surface area (TPSA) is 60.7 Å². The second-order valence-electron chi connectivity index (χ2n) is 7.89. The molecule has 0 saturated carbocycles. The highest BCUT2D eigenvalue weighted by atomic mass is 16.1. The molecule has 0 aliphatic rings. The molecule has 0 aliphatic carbocycles. The van der Waals surface area contributed by atoms with Crippen molar-refractivity contribution in [2.75, 3.05) is 0 Å². The normalized spacial score (nSPS) is 11.6. The number of carbonyl (C=O) groups excluding carboxylic acids is 1. The van der Waals surface area contributed by atoms with E-state index in [-0.39, 0.29) is 11.2 Å². The molecule has 0 amide bonds. The van der Waals surface area contributed by atoms with Gasteiger partial charge in [0, 0.05) is 12.0 Å². The van der Waals surface area contributed by atoms with E-state index in [1.165, 1.54) is 5.56 Å². The van der Waals surface area contributed by atoms with E-state index >= 15 is 0 Å². The number of rotatable bonds is 6. The van der Waals surface area contributed by atoms with Crippen LogP contribution in [-0.4, -0.2) is 26.0 Å². The van der Waals surface area contributed by atoms with Crippen molar-refractivity contribution in [2.24, 2.45) is 5.41 Å². The molecule has 3 aromatic rings. The van der Waals surface area contributed by atoms with Crippen LogP contribution >= 0.6 is 0 Å². The van der Waals surface area contributed by atoms with Gasteiger partial charge in [-0.05, 0) is 59.0 Å². The molecule has 0 saturated heterocycles. The fraction of sp³-hybridized carbons (Fsp3) is 0.364. The van der Waals surface area contributed by atoms with Crippen molar-refractivity contribution >= 4 is 5.78 Å². The Balaban J connectivity index is 2.10. The minimum absolute atomic E-state index is 0.0260. The van der Waals surface area contributed by atoms with Crippen LogP contribution in [0.3, 0.4) is 0 Å². The van der Waals surface area contributed by atoms with Crippen molar-refractivity contribution in [3.05, 3.63) is 59.4 Å². The number of carbonyl (C=O) groups is 1. The highest BCUT2D eigenvalue weighted by Gasteiger charge is 2.22. The number of hydrogen-bond donors (Lipinski definition) is 0. The Morgan fingerprint density at radius 3 is 2.33 bits per heavy atom. The van der Waals surface area contributed by atoms with Gasteiger partial charge in [-0.15, -0.1) is 5.10 Å². The van der Waals surface area contributed by atoms with Crippen LogP contribution in [0.2, 0.25) is 0 Å². The molecule has 5 heteroatoms. The molecule has 5 nitrogen and oxygen atoms in total. The molecule has 0 N–H and O–H groups in total. The molecular formula is C22H26N4O. The third kappa shape index (κ3) is 4.30. The maximum absolute atomic E-state index is 13.0. The van der Waals surface area contributed by atoms with E-state index in [2.05, 4.69) is 67.5 Å². The zero-order valence-electron chi connectivity index (χ0n) is 16.7. The summed E-state index contributed by atoms with van der Waals surface area (Å²) in [6.07, 6.45) is 1.46. The number of hydrogen-bond acceptors (Lipinski definition) is 4. The maximum atomic E-state index is 13.0. The molecule has 1 heterocycles. The van der Waals surface area contributed by atoms with E-state index in [1.807, 2.05) is 25.1 Å². The highest BCUT2D eigenvalue weighted by molar-refractivity contribution is 5.98. The summed E-state index contributed by atoms with van der Waals surface area (Å²) in [7, 11) is 0. The molecule has 1 aromatic heterocycles. The number of aromatic nitrogens is 4. The van der Waals surface area contributed by atoms with Crippen LogP contribution in [0.1, 0.15) is 55.4 Å². The smallest absolute Gasteiger partial charge is 0.163 e. The molecule has 0 fully saturated rings. The molecule has 0 unspecified atom stereocenters. The van der Waals surface area contributed by atoms with Gasteiger partial charge in [0.25, 0.3) is 0 Å². The zero-order chi connectivity index (χ0) is 19.6. The van der Waals surface area contributed by atoms with Gasteiger partial charge in [-0.2, -0.15) is 4.68 Å². The quantitative estimate of drug-likeness (QED) is 0.582. The summed E-state index contributed by atoms with van der Waals surface area (Å²) in [6, 6.07) is 14.2. The third-order valence-corrected chi connectivity index (χ3v) is 5.09. The molecule has 0 atom stereocenters. The van der Waals surface area contributed by atoms with Gasteiger partial charge in [0.2, 0.25) is 0 Å². The summed E-state index contributed by atoms with van der Waals surface area (Å²) in [5, 5.41) is 11.8. The number of ketones is 1. The molecule has 3 rings (SSSR count). The molecular weight excluding hydrogens is 336 g/mol. The number of Topliss-reactive ketones (excluding diaryl/α,β-unsaturated/α-hetero) is 1. The molecule has 0 radical (unpaired) electrons. The summed E-state index contributed by atoms with van der Waals surface area (Å²) in [4.78, 5) is 13.0. The first kappa shape index (κ1) is 19.0. The lowest BCUT2D eigenvalue weighted by atomic mass is 9.83. The molecule has 0 aliphatic heterocycles. The Hall–Kier alpha value is -2.82. The van der Waals surface area contributed by atoms with Gasteiger partial charge in [-0.3, -0.25) is 4.79 Å². The van der Waals surface area contributed by atoms with Crippen LogP contribution in [0.5, 0.6) is 0 Å². The van der Waals surface area contributed by atoms with Crippen LogP contribution < -0.4 is 0 Å². The lowest BCUT2D eigenvalue weighted by Gasteiger charge is -2.21. The second-order valence-corrected chi connectivity index (χ2v) is 7.89. The molecule has 140 valence electrons. The van der Waals surface area contributed by atoms with Crippen molar-refractivity contribution in [3.8, 4) is 16.8 Å². The summed E-state index contributed by atoms with van der Waals surface area (Å²) < 4.78 is 1.67. The molecule has 0 bridgehead atoms. The van der Waals surface area contributed by atoms with Gasteiger partial charge in [0.1, 0.15) is 0 Å². The monoisotopic (exact) mass is 362 g/mol. The summed E-state index contributed by atoms with van der Waals surface area (Å²) in [5.74, 6) is 0.825. The summed E-state index contributed by atoms with van der Waals surface area (Å²) >= 11 is 0. The van der Waals surface area contributed by atoms with Crippen LogP contribution in [0, 0.1) is 19.3 Å². The van der Waals surface area contributed by atoms with E-state index in [0.29, 0.717) is 17.8 Å². The Bertz CT molecular complexity index is 955. The minimum Gasteiger partial charge on any atom is -0.294 e. The Labute approximate surface area is 160 Å². The third-order valence-electron chi connectivity index (χ3n) is 5.09. The first-order valence-corrected chi connectivity index (χ1v) is 9.30. The minimum atomic E-state index is -0.0260. The van der Waals surface area contributed by atoms with Gasteiger partial charge < -0.3 is 0 Å². The predicted octanol–water partition coefficient (Wildman–Crippen LogP) is 4.96.